The largest absolute Gasteiger partial charge is 0.416 e. The zero-order chi connectivity index (χ0) is 30.0. The number of Topliss-reactive ketones (excluding diaryl/α,β-unsaturated/α-hetero) is 1. The van der Waals surface area contributed by atoms with Gasteiger partial charge >= 0.3 is 6.18 Å². The number of carbonyl (C=O) groups excluding carboxylic acids is 1. The summed E-state index contributed by atoms with van der Waals surface area (Å²) in [7, 11) is 2.11. The molecule has 0 atom stereocenters. The fourth-order valence-corrected chi connectivity index (χ4v) is 7.09. The number of anilines is 3. The number of alkyl halides is 3. The van der Waals surface area contributed by atoms with Gasteiger partial charge in [-0.1, -0.05) is 31.0 Å². The van der Waals surface area contributed by atoms with E-state index >= 15 is 0 Å². The summed E-state index contributed by atoms with van der Waals surface area (Å²) in [6.45, 7) is 1.89. The minimum atomic E-state index is -4.41. The molecule has 1 saturated heterocycles. The van der Waals surface area contributed by atoms with Crippen LogP contribution < -0.4 is 10.2 Å². The zero-order valence-corrected chi connectivity index (χ0v) is 24.6. The molecular formula is C32H40F3N7O. The van der Waals surface area contributed by atoms with Crippen molar-refractivity contribution >= 4 is 23.4 Å². The number of rotatable bonds is 10. The molecule has 0 bridgehead atoms. The van der Waals surface area contributed by atoms with Crippen molar-refractivity contribution in [3.63, 3.8) is 0 Å². The zero-order valence-electron chi connectivity index (χ0n) is 24.6. The topological polar surface area (TPSA) is 90.0 Å². The molecule has 8 nitrogen and oxygen atoms in total. The molecule has 11 heteroatoms. The highest BCUT2D eigenvalue weighted by atomic mass is 19.4. The standard InChI is InChI=1S/C32H40F3N7O/c1-41-19-26(20-41)42(31-36-14-13-29(38-31)37-30-18-28(39-40-30)23-6-2-3-7-23)25-11-9-21(10-12-25)16-27(43)17-22-5-4-8-24(15-22)32(33,34)35/h4-5,8,13-15,18,21,23,25-26H,2-3,6-7,9-12,16-17,19-20H2,1H3,(H2,36,37,38,39,40). The van der Waals surface area contributed by atoms with Crippen LogP contribution in [0.5, 0.6) is 0 Å². The fourth-order valence-electron chi connectivity index (χ4n) is 7.09. The van der Waals surface area contributed by atoms with Crippen molar-refractivity contribution in [1.82, 2.24) is 25.1 Å². The lowest BCUT2D eigenvalue weighted by molar-refractivity contribution is -0.137. The molecule has 0 unspecified atom stereocenters. The van der Waals surface area contributed by atoms with Gasteiger partial charge in [0.15, 0.2) is 5.82 Å². The Morgan fingerprint density at radius 2 is 1.79 bits per heavy atom. The van der Waals surface area contributed by atoms with E-state index in [0.29, 0.717) is 35.7 Å². The fraction of sp³-hybridized carbons (Fsp3) is 0.562. The van der Waals surface area contributed by atoms with Gasteiger partial charge in [0.2, 0.25) is 5.95 Å². The van der Waals surface area contributed by atoms with Crippen molar-refractivity contribution in [1.29, 1.82) is 0 Å². The number of hydrogen-bond donors (Lipinski definition) is 2. The van der Waals surface area contributed by atoms with E-state index in [1.54, 1.807) is 12.3 Å². The first-order chi connectivity index (χ1) is 20.7. The maximum absolute atomic E-state index is 13.1. The SMILES string of the molecule is CN1CC(N(c2nccc(Nc3cc(C4CCCC4)[nH]n3)n2)C2CCC(CC(=O)Cc3cccc(C(F)(F)F)c3)CC2)C1. The predicted octanol–water partition coefficient (Wildman–Crippen LogP) is 6.50. The Bertz CT molecular complexity index is 1390. The van der Waals surface area contributed by atoms with Gasteiger partial charge in [-0.15, -0.1) is 0 Å². The van der Waals surface area contributed by atoms with Gasteiger partial charge in [0.05, 0.1) is 11.6 Å². The molecule has 0 radical (unpaired) electrons. The second-order valence-electron chi connectivity index (χ2n) is 12.6. The summed E-state index contributed by atoms with van der Waals surface area (Å²) in [6, 6.07) is 9.65. The van der Waals surface area contributed by atoms with E-state index in [1.807, 2.05) is 6.07 Å². The van der Waals surface area contributed by atoms with E-state index in [1.165, 1.54) is 37.4 Å². The third-order valence-corrected chi connectivity index (χ3v) is 9.34. The molecule has 43 heavy (non-hydrogen) atoms. The van der Waals surface area contributed by atoms with E-state index < -0.39 is 11.7 Å². The first-order valence-corrected chi connectivity index (χ1v) is 15.5. The number of nitrogens with one attached hydrogen (secondary N) is 2. The summed E-state index contributed by atoms with van der Waals surface area (Å²) in [5.74, 6) is 2.97. The molecule has 0 amide bonds. The van der Waals surface area contributed by atoms with Crippen LogP contribution in [0.1, 0.15) is 80.5 Å². The van der Waals surface area contributed by atoms with Crippen molar-refractivity contribution in [3.8, 4) is 0 Å². The number of halogens is 3. The van der Waals surface area contributed by atoms with Crippen LogP contribution in [-0.4, -0.2) is 63.1 Å². The Balaban J connectivity index is 1.07. The summed E-state index contributed by atoms with van der Waals surface area (Å²) in [6.07, 6.45) is 6.41. The van der Waals surface area contributed by atoms with E-state index in [-0.39, 0.29) is 24.2 Å². The smallest absolute Gasteiger partial charge is 0.332 e. The third kappa shape index (κ3) is 7.20. The molecule has 3 aromatic rings. The average Bonchev–Trinajstić information content (AvgIpc) is 3.66. The van der Waals surface area contributed by atoms with Crippen LogP contribution in [0.15, 0.2) is 42.6 Å². The summed E-state index contributed by atoms with van der Waals surface area (Å²) < 4.78 is 39.2. The predicted molar refractivity (Wildman–Crippen MR) is 159 cm³/mol. The molecule has 0 spiro atoms. The number of ketones is 1. The van der Waals surface area contributed by atoms with Gasteiger partial charge in [0.25, 0.3) is 0 Å². The van der Waals surface area contributed by atoms with Crippen LogP contribution in [0.2, 0.25) is 0 Å². The molecule has 2 saturated carbocycles. The van der Waals surface area contributed by atoms with E-state index in [0.717, 1.165) is 56.7 Å². The normalized spacial score (nSPS) is 22.0. The number of likely N-dealkylation sites (tertiary alicyclic amines) is 1. The van der Waals surface area contributed by atoms with Crippen molar-refractivity contribution in [2.75, 3.05) is 30.4 Å². The average molecular weight is 596 g/mol. The van der Waals surface area contributed by atoms with Gasteiger partial charge in [-0.05, 0) is 69.2 Å². The van der Waals surface area contributed by atoms with Crippen molar-refractivity contribution in [2.45, 2.75) is 88.4 Å². The summed E-state index contributed by atoms with van der Waals surface area (Å²) in [5.41, 5.74) is 0.891. The maximum Gasteiger partial charge on any atom is 0.416 e. The van der Waals surface area contributed by atoms with Crippen LogP contribution in [0.3, 0.4) is 0 Å². The Hall–Kier alpha value is -3.47. The van der Waals surface area contributed by atoms with Crippen molar-refractivity contribution in [2.24, 2.45) is 5.92 Å². The lowest BCUT2D eigenvalue weighted by Crippen LogP contribution is -2.61. The number of hydrogen-bond acceptors (Lipinski definition) is 7. The van der Waals surface area contributed by atoms with Gasteiger partial charge in [0, 0.05) is 55.8 Å². The van der Waals surface area contributed by atoms with Crippen LogP contribution in [0.4, 0.5) is 30.8 Å². The van der Waals surface area contributed by atoms with Gasteiger partial charge in [0.1, 0.15) is 11.6 Å². The van der Waals surface area contributed by atoms with Gasteiger partial charge in [-0.2, -0.15) is 23.3 Å². The number of benzene rings is 1. The maximum atomic E-state index is 13.1. The lowest BCUT2D eigenvalue weighted by Gasteiger charge is -2.48. The number of likely N-dealkylation sites (N-methyl/N-ethyl adjacent to an activating group) is 1. The Morgan fingerprint density at radius 1 is 1.02 bits per heavy atom. The summed E-state index contributed by atoms with van der Waals surface area (Å²) in [4.78, 5) is 27.1. The van der Waals surface area contributed by atoms with Crippen LogP contribution >= 0.6 is 0 Å². The van der Waals surface area contributed by atoms with Crippen LogP contribution in [0, 0.1) is 5.92 Å². The second kappa shape index (κ2) is 12.6. The van der Waals surface area contributed by atoms with Crippen LogP contribution in [-0.2, 0) is 17.4 Å². The Morgan fingerprint density at radius 3 is 2.51 bits per heavy atom. The number of carbonyl (C=O) groups is 1. The van der Waals surface area contributed by atoms with Crippen molar-refractivity contribution < 1.29 is 18.0 Å². The van der Waals surface area contributed by atoms with E-state index in [9.17, 15) is 18.0 Å². The number of H-pyrrole nitrogens is 1. The van der Waals surface area contributed by atoms with Crippen LogP contribution in [0.25, 0.3) is 0 Å². The molecular weight excluding hydrogens is 555 g/mol. The first-order valence-electron chi connectivity index (χ1n) is 15.5. The molecule has 3 fully saturated rings. The third-order valence-electron chi connectivity index (χ3n) is 9.34. The Kier molecular flexibility index (Phi) is 8.70. The molecule has 230 valence electrons. The van der Waals surface area contributed by atoms with Gasteiger partial charge < -0.3 is 15.1 Å². The minimum Gasteiger partial charge on any atom is -0.332 e. The number of aromatic amines is 1. The van der Waals surface area contributed by atoms with E-state index in [2.05, 4.69) is 43.4 Å². The molecule has 3 heterocycles. The second-order valence-corrected chi connectivity index (χ2v) is 12.6. The molecule has 3 aliphatic rings. The first kappa shape index (κ1) is 29.6. The number of nitrogens with zero attached hydrogens (tertiary/aromatic N) is 5. The number of aromatic nitrogens is 4. The molecule has 2 aliphatic carbocycles. The van der Waals surface area contributed by atoms with E-state index in [4.69, 9.17) is 4.98 Å². The van der Waals surface area contributed by atoms with Gasteiger partial charge in [-0.25, -0.2) is 4.98 Å². The lowest BCUT2D eigenvalue weighted by atomic mass is 9.81. The van der Waals surface area contributed by atoms with Gasteiger partial charge in [-0.3, -0.25) is 9.89 Å². The minimum absolute atomic E-state index is 0.00295. The molecule has 1 aromatic carbocycles. The summed E-state index contributed by atoms with van der Waals surface area (Å²) >= 11 is 0. The summed E-state index contributed by atoms with van der Waals surface area (Å²) in [5, 5.41) is 11.0. The quantitative estimate of drug-likeness (QED) is 0.277. The molecule has 6 rings (SSSR count). The molecule has 1 aliphatic heterocycles. The molecule has 2 aromatic heterocycles. The Labute approximate surface area is 250 Å². The molecule has 2 N–H and O–H groups in total. The highest BCUT2D eigenvalue weighted by Gasteiger charge is 2.37. The monoisotopic (exact) mass is 595 g/mol. The van der Waals surface area contributed by atoms with Crippen molar-refractivity contribution in [3.05, 3.63) is 59.4 Å². The highest BCUT2D eigenvalue weighted by Crippen LogP contribution is 2.36. The highest BCUT2D eigenvalue weighted by molar-refractivity contribution is 5.81.